The van der Waals surface area contributed by atoms with E-state index in [0.29, 0.717) is 0 Å². The molecule has 18 heavy (non-hydrogen) atoms. The maximum Gasteiger partial charge on any atom is 0.240 e. The van der Waals surface area contributed by atoms with Crippen LogP contribution in [0.15, 0.2) is 35.8 Å². The van der Waals surface area contributed by atoms with Crippen molar-refractivity contribution in [1.82, 2.24) is 4.98 Å². The summed E-state index contributed by atoms with van der Waals surface area (Å²) in [5.74, 6) is -0.0706. The number of thiazole rings is 1. The summed E-state index contributed by atoms with van der Waals surface area (Å²) in [5, 5.41) is 5.76. The molecule has 0 fully saturated rings. The van der Waals surface area contributed by atoms with Gasteiger partial charge in [-0.3, -0.25) is 4.79 Å². The average molecular weight is 325 g/mol. The highest BCUT2D eigenvalue weighted by Gasteiger charge is 2.23. The van der Waals surface area contributed by atoms with Crippen LogP contribution in [0.25, 0.3) is 10.6 Å². The molecule has 0 aliphatic heterocycles. The van der Waals surface area contributed by atoms with Gasteiger partial charge in [-0.2, -0.15) is 0 Å². The molecule has 1 heterocycles. The van der Waals surface area contributed by atoms with E-state index in [4.69, 9.17) is 0 Å². The fourth-order valence-corrected chi connectivity index (χ4v) is 2.11. The zero-order valence-corrected chi connectivity index (χ0v) is 12.5. The number of nitrogens with zero attached hydrogens (tertiary/aromatic N) is 1. The molecule has 0 bridgehead atoms. The number of amides is 1. The minimum Gasteiger partial charge on any atom is -0.325 e. The SMILES string of the molecule is CC(C)(Br)C(=O)Nc1cccc(-c2nccs2)c1. The Labute approximate surface area is 118 Å². The van der Waals surface area contributed by atoms with Gasteiger partial charge in [0, 0.05) is 22.8 Å². The second-order valence-corrected chi connectivity index (χ2v) is 7.22. The molecule has 0 aliphatic carbocycles. The summed E-state index contributed by atoms with van der Waals surface area (Å²) in [6.45, 7) is 3.63. The van der Waals surface area contributed by atoms with Crippen molar-refractivity contribution in [2.75, 3.05) is 5.32 Å². The second kappa shape index (κ2) is 5.20. The molecular formula is C13H13BrN2OS. The number of rotatable bonds is 3. The summed E-state index contributed by atoms with van der Waals surface area (Å²) in [7, 11) is 0. The zero-order valence-electron chi connectivity index (χ0n) is 10.1. The minimum absolute atomic E-state index is 0.0706. The van der Waals surface area contributed by atoms with Crippen molar-refractivity contribution in [1.29, 1.82) is 0 Å². The molecule has 2 rings (SSSR count). The number of hydrogen-bond acceptors (Lipinski definition) is 3. The Morgan fingerprint density at radius 1 is 1.44 bits per heavy atom. The van der Waals surface area contributed by atoms with Crippen LogP contribution in [0.2, 0.25) is 0 Å². The Bertz CT molecular complexity index is 546. The molecule has 94 valence electrons. The van der Waals surface area contributed by atoms with Crippen LogP contribution in [0.1, 0.15) is 13.8 Å². The first-order chi connectivity index (χ1) is 8.47. The minimum atomic E-state index is -0.579. The highest BCUT2D eigenvalue weighted by atomic mass is 79.9. The van der Waals surface area contributed by atoms with E-state index in [1.165, 1.54) is 0 Å². The largest absolute Gasteiger partial charge is 0.325 e. The van der Waals surface area contributed by atoms with Gasteiger partial charge in [0.05, 0.1) is 4.32 Å². The Morgan fingerprint density at radius 3 is 2.83 bits per heavy atom. The van der Waals surface area contributed by atoms with E-state index in [1.54, 1.807) is 17.5 Å². The van der Waals surface area contributed by atoms with Gasteiger partial charge in [0.15, 0.2) is 0 Å². The van der Waals surface area contributed by atoms with E-state index in [-0.39, 0.29) is 5.91 Å². The number of anilines is 1. The third-order valence-electron chi connectivity index (χ3n) is 2.34. The summed E-state index contributed by atoms with van der Waals surface area (Å²) in [4.78, 5) is 16.1. The molecule has 2 aromatic rings. The summed E-state index contributed by atoms with van der Waals surface area (Å²) in [6, 6.07) is 7.69. The number of aromatic nitrogens is 1. The van der Waals surface area contributed by atoms with Gasteiger partial charge in [0.1, 0.15) is 5.01 Å². The predicted octanol–water partition coefficient (Wildman–Crippen LogP) is 3.92. The van der Waals surface area contributed by atoms with Crippen molar-refractivity contribution in [2.24, 2.45) is 0 Å². The molecule has 0 unspecified atom stereocenters. The molecule has 0 saturated carbocycles. The van der Waals surface area contributed by atoms with Crippen molar-refractivity contribution < 1.29 is 4.79 Å². The first-order valence-corrected chi connectivity index (χ1v) is 7.14. The molecule has 0 spiro atoms. The van der Waals surface area contributed by atoms with Crippen molar-refractivity contribution in [3.63, 3.8) is 0 Å². The number of alkyl halides is 1. The monoisotopic (exact) mass is 324 g/mol. The Kier molecular flexibility index (Phi) is 3.82. The van der Waals surface area contributed by atoms with Gasteiger partial charge in [-0.1, -0.05) is 28.1 Å². The lowest BCUT2D eigenvalue weighted by Gasteiger charge is -2.16. The van der Waals surface area contributed by atoms with Gasteiger partial charge in [-0.05, 0) is 26.0 Å². The number of halogens is 1. The van der Waals surface area contributed by atoms with E-state index >= 15 is 0 Å². The topological polar surface area (TPSA) is 42.0 Å². The molecule has 1 aromatic heterocycles. The molecule has 1 aromatic carbocycles. The normalized spacial score (nSPS) is 11.3. The van der Waals surface area contributed by atoms with Crippen LogP contribution in [0.3, 0.4) is 0 Å². The van der Waals surface area contributed by atoms with Gasteiger partial charge in [-0.25, -0.2) is 4.98 Å². The van der Waals surface area contributed by atoms with Crippen molar-refractivity contribution in [3.05, 3.63) is 35.8 Å². The van der Waals surface area contributed by atoms with E-state index in [1.807, 2.05) is 43.5 Å². The molecule has 0 saturated heterocycles. The second-order valence-electron chi connectivity index (χ2n) is 4.34. The molecule has 5 heteroatoms. The maximum absolute atomic E-state index is 11.9. The fraction of sp³-hybridized carbons (Fsp3) is 0.231. The van der Waals surface area contributed by atoms with E-state index < -0.39 is 4.32 Å². The van der Waals surface area contributed by atoms with Crippen LogP contribution < -0.4 is 5.32 Å². The summed E-state index contributed by atoms with van der Waals surface area (Å²) >= 11 is 4.91. The van der Waals surface area contributed by atoms with Crippen molar-refractivity contribution >= 4 is 38.9 Å². The summed E-state index contributed by atoms with van der Waals surface area (Å²) < 4.78 is -0.579. The smallest absolute Gasteiger partial charge is 0.240 e. The van der Waals surface area contributed by atoms with Crippen molar-refractivity contribution in [2.45, 2.75) is 18.2 Å². The Hall–Kier alpha value is -1.20. The predicted molar refractivity (Wildman–Crippen MR) is 79.2 cm³/mol. The van der Waals surface area contributed by atoms with Gasteiger partial charge in [0.25, 0.3) is 0 Å². The van der Waals surface area contributed by atoms with E-state index in [0.717, 1.165) is 16.3 Å². The highest BCUT2D eigenvalue weighted by molar-refractivity contribution is 9.10. The molecule has 1 amide bonds. The van der Waals surface area contributed by atoms with Crippen LogP contribution in [0.4, 0.5) is 5.69 Å². The highest BCUT2D eigenvalue weighted by Crippen LogP contribution is 2.25. The van der Waals surface area contributed by atoms with Crippen LogP contribution in [0.5, 0.6) is 0 Å². The van der Waals surface area contributed by atoms with Crippen LogP contribution in [0, 0.1) is 0 Å². The number of nitrogens with one attached hydrogen (secondary N) is 1. The quantitative estimate of drug-likeness (QED) is 0.869. The van der Waals surface area contributed by atoms with Crippen LogP contribution in [-0.4, -0.2) is 15.2 Å². The number of carbonyl (C=O) groups excluding carboxylic acids is 1. The fourth-order valence-electron chi connectivity index (χ4n) is 1.38. The molecule has 0 radical (unpaired) electrons. The first kappa shape index (κ1) is 13.2. The third kappa shape index (κ3) is 3.17. The number of hydrogen-bond donors (Lipinski definition) is 1. The molecule has 0 atom stereocenters. The van der Waals surface area contributed by atoms with Gasteiger partial charge < -0.3 is 5.32 Å². The Balaban J connectivity index is 2.21. The molecule has 1 N–H and O–H groups in total. The van der Waals surface area contributed by atoms with Gasteiger partial charge in [-0.15, -0.1) is 11.3 Å². The lowest BCUT2D eigenvalue weighted by molar-refractivity contribution is -0.117. The summed E-state index contributed by atoms with van der Waals surface area (Å²) in [6.07, 6.45) is 1.77. The Morgan fingerprint density at radius 2 is 2.22 bits per heavy atom. The number of benzene rings is 1. The van der Waals surface area contributed by atoms with Crippen LogP contribution in [-0.2, 0) is 4.79 Å². The van der Waals surface area contributed by atoms with Gasteiger partial charge in [0.2, 0.25) is 5.91 Å². The molecule has 3 nitrogen and oxygen atoms in total. The lowest BCUT2D eigenvalue weighted by Crippen LogP contribution is -2.30. The van der Waals surface area contributed by atoms with Gasteiger partial charge >= 0.3 is 0 Å². The van der Waals surface area contributed by atoms with Crippen LogP contribution >= 0.6 is 27.3 Å². The number of carbonyl (C=O) groups is 1. The zero-order chi connectivity index (χ0) is 13.2. The standard InChI is InChI=1S/C13H13BrN2OS/c1-13(2,14)12(17)16-10-5-3-4-9(8-10)11-15-6-7-18-11/h3-8H,1-2H3,(H,16,17). The summed E-state index contributed by atoms with van der Waals surface area (Å²) in [5.41, 5.74) is 1.79. The first-order valence-electron chi connectivity index (χ1n) is 5.47. The molecule has 0 aliphatic rings. The van der Waals surface area contributed by atoms with E-state index in [9.17, 15) is 4.79 Å². The average Bonchev–Trinajstić information content (AvgIpc) is 2.81. The molecular weight excluding hydrogens is 312 g/mol. The maximum atomic E-state index is 11.9. The van der Waals surface area contributed by atoms with E-state index in [2.05, 4.69) is 26.2 Å². The lowest BCUT2D eigenvalue weighted by atomic mass is 10.1. The van der Waals surface area contributed by atoms with Crippen molar-refractivity contribution in [3.8, 4) is 10.6 Å². The third-order valence-corrected chi connectivity index (χ3v) is 3.52.